The predicted molar refractivity (Wildman–Crippen MR) is 107 cm³/mol. The van der Waals surface area contributed by atoms with E-state index < -0.39 is 45.8 Å². The largest absolute Gasteiger partial charge is 0.350 e. The summed E-state index contributed by atoms with van der Waals surface area (Å²) < 4.78 is 56.4. The Morgan fingerprint density at radius 2 is 1.81 bits per heavy atom. The molecule has 32 heavy (non-hydrogen) atoms. The first kappa shape index (κ1) is 21.1. The lowest BCUT2D eigenvalue weighted by Gasteiger charge is -2.61. The van der Waals surface area contributed by atoms with Crippen LogP contribution in [0.4, 0.5) is 8.78 Å². The highest BCUT2D eigenvalue weighted by Gasteiger charge is 2.82. The summed E-state index contributed by atoms with van der Waals surface area (Å²) in [5.74, 6) is -3.41. The summed E-state index contributed by atoms with van der Waals surface area (Å²) in [4.78, 5) is 25.7. The van der Waals surface area contributed by atoms with Gasteiger partial charge in [-0.2, -0.15) is 0 Å². The number of carbonyl (C=O) groups excluding carboxylic acids is 2. The van der Waals surface area contributed by atoms with Crippen LogP contribution >= 0.6 is 0 Å². The minimum Gasteiger partial charge on any atom is -0.350 e. The molecule has 6 rings (SSSR count). The minimum atomic E-state index is -2.30. The number of carbonyl (C=O) groups is 2. The number of rotatable bonds is 0. The molecule has 6 aliphatic rings. The molecule has 0 aromatic rings. The van der Waals surface area contributed by atoms with E-state index in [9.17, 15) is 9.59 Å². The molecule has 0 bridgehead atoms. The van der Waals surface area contributed by atoms with Gasteiger partial charge in [-0.3, -0.25) is 9.59 Å². The van der Waals surface area contributed by atoms with E-state index >= 15 is 8.78 Å². The summed E-state index contributed by atoms with van der Waals surface area (Å²) in [5, 5.41) is 0. The zero-order chi connectivity index (χ0) is 22.7. The molecule has 0 N–H and O–H groups in total. The third kappa shape index (κ3) is 2.02. The van der Waals surface area contributed by atoms with Crippen molar-refractivity contribution in [3.8, 4) is 0 Å². The molecule has 2 saturated heterocycles. The van der Waals surface area contributed by atoms with Crippen LogP contribution in [-0.4, -0.2) is 55.0 Å². The summed E-state index contributed by atoms with van der Waals surface area (Å²) in [6.07, 6.45) is 2.68. The van der Waals surface area contributed by atoms with Crippen LogP contribution in [0.5, 0.6) is 0 Å². The van der Waals surface area contributed by atoms with E-state index in [0.717, 1.165) is 0 Å². The maximum absolute atomic E-state index is 17.2. The van der Waals surface area contributed by atoms with Crippen molar-refractivity contribution in [1.82, 2.24) is 0 Å². The Labute approximate surface area is 185 Å². The number of fused-ring (bicyclic) bond motifs is 7. The van der Waals surface area contributed by atoms with E-state index in [1.165, 1.54) is 18.2 Å². The van der Waals surface area contributed by atoms with E-state index in [0.29, 0.717) is 6.42 Å². The van der Waals surface area contributed by atoms with Gasteiger partial charge in [-0.05, 0) is 49.3 Å². The number of Topliss-reactive ketones (excluding diaryl/α,β-unsaturated/α-hetero) is 1. The Morgan fingerprint density at radius 1 is 1.06 bits per heavy atom. The Bertz CT molecular complexity index is 966. The maximum Gasteiger partial charge on any atom is 0.227 e. The van der Waals surface area contributed by atoms with Gasteiger partial charge in [0.15, 0.2) is 30.8 Å². The van der Waals surface area contributed by atoms with Crippen molar-refractivity contribution in [2.24, 2.45) is 28.6 Å². The van der Waals surface area contributed by atoms with Gasteiger partial charge in [0.2, 0.25) is 5.79 Å². The van der Waals surface area contributed by atoms with Gasteiger partial charge in [-0.15, -0.1) is 0 Å². The first-order valence-electron chi connectivity index (χ1n) is 11.4. The number of ether oxygens (including phenoxy) is 4. The average molecular weight is 450 g/mol. The minimum absolute atomic E-state index is 0.00315. The number of hydrogen-bond donors (Lipinski definition) is 0. The zero-order valence-electron chi connectivity index (χ0n) is 18.5. The second kappa shape index (κ2) is 6.14. The normalized spacial score (nSPS) is 56.5. The van der Waals surface area contributed by atoms with Crippen LogP contribution in [0.3, 0.4) is 0 Å². The van der Waals surface area contributed by atoms with Gasteiger partial charge in [-0.1, -0.05) is 19.9 Å². The molecule has 5 fully saturated rings. The van der Waals surface area contributed by atoms with Crippen molar-refractivity contribution >= 4 is 11.6 Å². The van der Waals surface area contributed by atoms with Gasteiger partial charge in [0.1, 0.15) is 18.4 Å². The smallest absolute Gasteiger partial charge is 0.227 e. The highest BCUT2D eigenvalue weighted by atomic mass is 19.1. The molecule has 2 heterocycles. The second-order valence-electron chi connectivity index (χ2n) is 10.8. The summed E-state index contributed by atoms with van der Waals surface area (Å²) >= 11 is 0. The van der Waals surface area contributed by atoms with Crippen molar-refractivity contribution in [2.75, 3.05) is 20.2 Å². The van der Waals surface area contributed by atoms with Crippen LogP contribution in [0.1, 0.15) is 40.0 Å². The highest BCUT2D eigenvalue weighted by molar-refractivity contribution is 6.02. The van der Waals surface area contributed by atoms with Crippen LogP contribution in [0.15, 0.2) is 23.8 Å². The predicted octanol–water partition coefficient (Wildman–Crippen LogP) is 3.20. The molecule has 0 aromatic heterocycles. The topological polar surface area (TPSA) is 71.1 Å². The molecule has 174 valence electrons. The van der Waals surface area contributed by atoms with E-state index in [4.69, 9.17) is 18.9 Å². The van der Waals surface area contributed by atoms with Crippen molar-refractivity contribution in [3.05, 3.63) is 23.8 Å². The summed E-state index contributed by atoms with van der Waals surface area (Å²) in [6.45, 7) is 5.73. The molecular weight excluding hydrogens is 422 g/mol. The average Bonchev–Trinajstić information content (AvgIpc) is 3.42. The standard InChI is InChI=1S/C24H28F2O6/c1-13-6-15-16-8-18(25)17-7-14(27)4-5-20(17,2)23(16,26)19(28)9-21(15,3)24(13)22(31-12-32-24)10-29-11-30-22/h4-5,7,13,15-16,18H,6,8-12H2,1-3H3/t13-,15?,16?,18-,20+,21+,22?,23+,24?/m1/s1. The fourth-order valence-corrected chi connectivity index (χ4v) is 8.46. The van der Waals surface area contributed by atoms with Gasteiger partial charge in [-0.25, -0.2) is 8.78 Å². The fraction of sp³-hybridized carbons (Fsp3) is 0.750. The van der Waals surface area contributed by atoms with Crippen LogP contribution in [0, 0.1) is 28.6 Å². The first-order chi connectivity index (χ1) is 15.1. The first-order valence-corrected chi connectivity index (χ1v) is 11.4. The van der Waals surface area contributed by atoms with Crippen LogP contribution in [0.25, 0.3) is 0 Å². The van der Waals surface area contributed by atoms with Gasteiger partial charge in [0.25, 0.3) is 0 Å². The van der Waals surface area contributed by atoms with Crippen LogP contribution in [-0.2, 0) is 28.5 Å². The van der Waals surface area contributed by atoms with Crippen LogP contribution < -0.4 is 0 Å². The lowest BCUT2D eigenvalue weighted by molar-refractivity contribution is -0.260. The molecule has 2 aliphatic heterocycles. The summed E-state index contributed by atoms with van der Waals surface area (Å²) in [7, 11) is 0. The lowest BCUT2D eigenvalue weighted by Crippen LogP contribution is -2.71. The number of halogens is 2. The van der Waals surface area contributed by atoms with Gasteiger partial charge in [0.05, 0.1) is 5.41 Å². The van der Waals surface area contributed by atoms with E-state index in [1.807, 2.05) is 13.8 Å². The molecule has 0 radical (unpaired) electrons. The summed E-state index contributed by atoms with van der Waals surface area (Å²) in [6, 6.07) is 0. The summed E-state index contributed by atoms with van der Waals surface area (Å²) in [5.41, 5.74) is -5.53. The Morgan fingerprint density at radius 3 is 2.53 bits per heavy atom. The third-order valence-electron chi connectivity index (χ3n) is 9.74. The maximum atomic E-state index is 17.2. The van der Waals surface area contributed by atoms with Gasteiger partial charge >= 0.3 is 0 Å². The van der Waals surface area contributed by atoms with E-state index in [1.54, 1.807) is 6.92 Å². The Hall–Kier alpha value is -1.48. The third-order valence-corrected chi connectivity index (χ3v) is 9.74. The molecule has 4 aliphatic carbocycles. The molecule has 2 spiro atoms. The van der Waals surface area contributed by atoms with Crippen molar-refractivity contribution < 1.29 is 37.3 Å². The van der Waals surface area contributed by atoms with Crippen molar-refractivity contribution in [1.29, 1.82) is 0 Å². The molecule has 3 saturated carbocycles. The number of hydrogen-bond acceptors (Lipinski definition) is 6. The van der Waals surface area contributed by atoms with Crippen LogP contribution in [0.2, 0.25) is 0 Å². The van der Waals surface area contributed by atoms with Gasteiger partial charge in [0, 0.05) is 17.8 Å². The fourth-order valence-electron chi connectivity index (χ4n) is 8.46. The molecule has 0 amide bonds. The monoisotopic (exact) mass is 450 g/mol. The van der Waals surface area contributed by atoms with Gasteiger partial charge < -0.3 is 18.9 Å². The van der Waals surface area contributed by atoms with E-state index in [-0.39, 0.29) is 56.2 Å². The lowest BCUT2D eigenvalue weighted by atomic mass is 9.44. The molecule has 8 heteroatoms. The van der Waals surface area contributed by atoms with Crippen molar-refractivity contribution in [3.63, 3.8) is 0 Å². The Kier molecular flexibility index (Phi) is 4.05. The van der Waals surface area contributed by atoms with Crippen molar-refractivity contribution in [2.45, 2.75) is 63.3 Å². The number of alkyl halides is 2. The number of allylic oxidation sites excluding steroid dienone is 4. The molecule has 9 atom stereocenters. The second-order valence-corrected chi connectivity index (χ2v) is 10.8. The highest BCUT2D eigenvalue weighted by Crippen LogP contribution is 2.73. The SMILES string of the molecule is C[C@@H]1CC2C3C[C@@H](F)C4=CC(=O)C=C[C@]4(C)[C@@]3(F)C(=O)C[C@]2(C)C12OCOC21COCO1. The molecule has 4 unspecified atom stereocenters. The molecule has 6 nitrogen and oxygen atoms in total. The quantitative estimate of drug-likeness (QED) is 0.565. The van der Waals surface area contributed by atoms with E-state index in [2.05, 4.69) is 0 Å². The number of ketones is 2. The Balaban J connectivity index is 1.51. The molecule has 0 aromatic carbocycles. The molecular formula is C24H28F2O6. The zero-order valence-corrected chi connectivity index (χ0v) is 18.5.